The van der Waals surface area contributed by atoms with E-state index < -0.39 is 0 Å². The monoisotopic (exact) mass is 359 g/mol. The fourth-order valence-electron chi connectivity index (χ4n) is 3.23. The minimum atomic E-state index is -0.189. The highest BCUT2D eigenvalue weighted by atomic mass is 16.5. The molecule has 2 unspecified atom stereocenters. The lowest BCUT2D eigenvalue weighted by Gasteiger charge is -2.26. The van der Waals surface area contributed by atoms with Crippen LogP contribution in [-0.4, -0.2) is 48.9 Å². The maximum Gasteiger partial charge on any atom is 0.270 e. The van der Waals surface area contributed by atoms with E-state index in [0.29, 0.717) is 24.7 Å². The fraction of sp³-hybridized carbons (Fsp3) is 0.526. The predicted molar refractivity (Wildman–Crippen MR) is 103 cm³/mol. The molecule has 0 saturated carbocycles. The quantitative estimate of drug-likeness (QED) is 0.610. The first-order valence-electron chi connectivity index (χ1n) is 8.98. The lowest BCUT2D eigenvalue weighted by atomic mass is 9.90. The molecule has 1 saturated heterocycles. The number of aromatic nitrogens is 1. The average Bonchev–Trinajstić information content (AvgIpc) is 3.13. The normalized spacial score (nSPS) is 19.7. The van der Waals surface area contributed by atoms with E-state index >= 15 is 0 Å². The number of hydrogen-bond donors (Lipinski definition) is 3. The summed E-state index contributed by atoms with van der Waals surface area (Å²) in [6.45, 7) is 9.13. The Morgan fingerprint density at radius 2 is 2.35 bits per heavy atom. The van der Waals surface area contributed by atoms with Crippen molar-refractivity contribution in [2.75, 3.05) is 20.3 Å². The number of carbonyl (C=O) groups excluding carboxylic acids is 1. The Bertz CT molecular complexity index is 668. The second-order valence-electron chi connectivity index (χ2n) is 6.55. The third-order valence-corrected chi connectivity index (χ3v) is 4.64. The van der Waals surface area contributed by atoms with Crippen molar-refractivity contribution in [3.8, 4) is 0 Å². The third-order valence-electron chi connectivity index (χ3n) is 4.64. The lowest BCUT2D eigenvalue weighted by Crippen LogP contribution is -2.40. The molecule has 2 rings (SSSR count). The molecule has 1 aromatic rings. The van der Waals surface area contributed by atoms with Crippen LogP contribution >= 0.6 is 0 Å². The largest absolute Gasteiger partial charge is 0.386 e. The van der Waals surface area contributed by atoms with Gasteiger partial charge in [0.2, 0.25) is 0 Å². The summed E-state index contributed by atoms with van der Waals surface area (Å²) in [6.07, 6.45) is 3.34. The van der Waals surface area contributed by atoms with E-state index in [1.807, 2.05) is 6.07 Å². The molecule has 26 heavy (non-hydrogen) atoms. The molecule has 1 aromatic heterocycles. The molecule has 1 amide bonds. The molecule has 1 aliphatic heterocycles. The molecule has 7 heteroatoms. The Hall–Kier alpha value is -2.41. The summed E-state index contributed by atoms with van der Waals surface area (Å²) < 4.78 is 5.30. The topological polar surface area (TPSA) is 102 Å². The van der Waals surface area contributed by atoms with Gasteiger partial charge in [0.05, 0.1) is 18.5 Å². The molecule has 2 heterocycles. The minimum absolute atomic E-state index is 0.0513. The number of pyridine rings is 1. The van der Waals surface area contributed by atoms with Crippen molar-refractivity contribution in [1.29, 1.82) is 0 Å². The molecule has 0 radical (unpaired) electrons. The van der Waals surface area contributed by atoms with Gasteiger partial charge >= 0.3 is 0 Å². The number of rotatable bonds is 8. The lowest BCUT2D eigenvalue weighted by molar-refractivity contribution is 0.0925. The summed E-state index contributed by atoms with van der Waals surface area (Å²) in [6, 6.07) is 3.81. The summed E-state index contributed by atoms with van der Waals surface area (Å²) in [5.74, 6) is 0.338. The Morgan fingerprint density at radius 1 is 1.58 bits per heavy atom. The van der Waals surface area contributed by atoms with Gasteiger partial charge in [-0.05, 0) is 30.5 Å². The molecule has 1 aliphatic rings. The minimum Gasteiger partial charge on any atom is -0.386 e. The summed E-state index contributed by atoms with van der Waals surface area (Å²) in [5.41, 5.74) is 7.87. The van der Waals surface area contributed by atoms with Gasteiger partial charge in [-0.2, -0.15) is 0 Å². The highest BCUT2D eigenvalue weighted by molar-refractivity contribution is 6.04. The Kier molecular flexibility index (Phi) is 7.15. The van der Waals surface area contributed by atoms with Crippen LogP contribution in [0.5, 0.6) is 0 Å². The van der Waals surface area contributed by atoms with E-state index in [9.17, 15) is 4.79 Å². The van der Waals surface area contributed by atoms with Crippen LogP contribution in [0.1, 0.15) is 42.7 Å². The molecule has 0 aliphatic carbocycles. The summed E-state index contributed by atoms with van der Waals surface area (Å²) >= 11 is 0. The second-order valence-corrected chi connectivity index (χ2v) is 6.55. The van der Waals surface area contributed by atoms with Gasteiger partial charge in [-0.3, -0.25) is 14.8 Å². The molecule has 142 valence electrons. The third kappa shape index (κ3) is 5.05. The van der Waals surface area contributed by atoms with Crippen molar-refractivity contribution < 1.29 is 9.53 Å². The molecule has 4 N–H and O–H groups in total. The van der Waals surface area contributed by atoms with Crippen LogP contribution in [0.25, 0.3) is 0 Å². The van der Waals surface area contributed by atoms with Gasteiger partial charge in [0.25, 0.3) is 5.91 Å². The van der Waals surface area contributed by atoms with Gasteiger partial charge in [0.15, 0.2) is 0 Å². The molecule has 0 spiro atoms. The van der Waals surface area contributed by atoms with E-state index in [-0.39, 0.29) is 23.9 Å². The Balaban J connectivity index is 2.17. The van der Waals surface area contributed by atoms with Crippen molar-refractivity contribution in [1.82, 2.24) is 15.6 Å². The number of hydrogen-bond acceptors (Lipinski definition) is 6. The van der Waals surface area contributed by atoms with Crippen molar-refractivity contribution in [3.63, 3.8) is 0 Å². The van der Waals surface area contributed by atoms with Crippen LogP contribution in [0, 0.1) is 5.92 Å². The predicted octanol–water partition coefficient (Wildman–Crippen LogP) is 1.45. The fourth-order valence-corrected chi connectivity index (χ4v) is 3.23. The smallest absolute Gasteiger partial charge is 0.270 e. The molecular weight excluding hydrogens is 330 g/mol. The van der Waals surface area contributed by atoms with Crippen LogP contribution < -0.4 is 16.4 Å². The Morgan fingerprint density at radius 3 is 2.92 bits per heavy atom. The van der Waals surface area contributed by atoms with Crippen molar-refractivity contribution in [3.05, 3.63) is 42.0 Å². The molecule has 3 atom stereocenters. The first kappa shape index (κ1) is 19.9. The van der Waals surface area contributed by atoms with Crippen molar-refractivity contribution in [2.24, 2.45) is 16.6 Å². The van der Waals surface area contributed by atoms with E-state index in [2.05, 4.69) is 41.0 Å². The van der Waals surface area contributed by atoms with Crippen LogP contribution in [0.3, 0.4) is 0 Å². The SMILES string of the molecule is C=C(N)NC(CC)C(C)C(=NC)c1ccnc(C(=O)N[C@H]2CCOC2)c1. The molecule has 0 bridgehead atoms. The van der Waals surface area contributed by atoms with Crippen molar-refractivity contribution in [2.45, 2.75) is 38.8 Å². The summed E-state index contributed by atoms with van der Waals surface area (Å²) in [4.78, 5) is 21.1. The zero-order chi connectivity index (χ0) is 19.1. The number of carbonyl (C=O) groups is 1. The molecule has 7 nitrogen and oxygen atoms in total. The number of nitrogens with one attached hydrogen (secondary N) is 2. The maximum atomic E-state index is 12.5. The molecule has 0 aromatic carbocycles. The highest BCUT2D eigenvalue weighted by Crippen LogP contribution is 2.17. The number of ether oxygens (including phenoxy) is 1. The zero-order valence-electron chi connectivity index (χ0n) is 15.8. The van der Waals surface area contributed by atoms with Crippen molar-refractivity contribution >= 4 is 11.6 Å². The zero-order valence-corrected chi connectivity index (χ0v) is 15.8. The van der Waals surface area contributed by atoms with Gasteiger partial charge < -0.3 is 21.1 Å². The van der Waals surface area contributed by atoms with E-state index in [4.69, 9.17) is 10.5 Å². The molecular formula is C19H29N5O2. The molecule has 1 fully saturated rings. The maximum absolute atomic E-state index is 12.5. The summed E-state index contributed by atoms with van der Waals surface area (Å²) in [5, 5.41) is 6.15. The van der Waals surface area contributed by atoms with Crippen LogP contribution in [0.2, 0.25) is 0 Å². The first-order chi connectivity index (χ1) is 12.5. The average molecular weight is 359 g/mol. The van der Waals surface area contributed by atoms with Gasteiger partial charge in [-0.1, -0.05) is 20.4 Å². The number of amides is 1. The van der Waals surface area contributed by atoms with Gasteiger partial charge in [0.1, 0.15) is 5.69 Å². The van der Waals surface area contributed by atoms with Crippen LogP contribution in [-0.2, 0) is 4.74 Å². The van der Waals surface area contributed by atoms with Gasteiger partial charge in [-0.15, -0.1) is 0 Å². The van der Waals surface area contributed by atoms with E-state index in [1.165, 1.54) is 0 Å². The number of nitrogens with zero attached hydrogens (tertiary/aromatic N) is 2. The van der Waals surface area contributed by atoms with Crippen LogP contribution in [0.4, 0.5) is 0 Å². The summed E-state index contributed by atoms with van der Waals surface area (Å²) in [7, 11) is 1.76. The van der Waals surface area contributed by atoms with Crippen LogP contribution in [0.15, 0.2) is 35.7 Å². The first-order valence-corrected chi connectivity index (χ1v) is 8.98. The number of aliphatic imine (C=N–C) groups is 1. The van der Waals surface area contributed by atoms with E-state index in [0.717, 1.165) is 24.1 Å². The van der Waals surface area contributed by atoms with Gasteiger partial charge in [0, 0.05) is 37.5 Å². The number of nitrogens with two attached hydrogens (primary N) is 1. The standard InChI is InChI=1S/C19H29N5O2/c1-5-16(23-13(3)20)12(2)18(21-4)14-6-8-22-17(10-14)19(25)24-15-7-9-26-11-15/h6,8,10,12,15-16,23H,3,5,7,9,11,20H2,1-2,4H3,(H,24,25)/t12?,15-,16?/m0/s1. The highest BCUT2D eigenvalue weighted by Gasteiger charge is 2.23. The second kappa shape index (κ2) is 9.33. The van der Waals surface area contributed by atoms with E-state index in [1.54, 1.807) is 19.3 Å². The van der Waals surface area contributed by atoms with Gasteiger partial charge in [-0.25, -0.2) is 0 Å². The Labute approximate surface area is 155 Å².